The summed E-state index contributed by atoms with van der Waals surface area (Å²) in [5, 5.41) is 20.6. The Morgan fingerprint density at radius 1 is 0.382 bits per heavy atom. The highest BCUT2D eigenvalue weighted by molar-refractivity contribution is 5.51. The molecule has 0 spiro atoms. The molecule has 0 fully saturated rings. The second kappa shape index (κ2) is 28.8. The minimum absolute atomic E-state index is 0.255. The van der Waals surface area contributed by atoms with Crippen LogP contribution in [0.2, 0.25) is 0 Å². The monoisotopic (exact) mass is 751 g/mol. The van der Waals surface area contributed by atoms with Crippen molar-refractivity contribution < 1.29 is 10.2 Å². The van der Waals surface area contributed by atoms with Crippen LogP contribution in [0.15, 0.2) is 111 Å². The Bertz CT molecular complexity index is 1590. The number of hydrogen-bond acceptors (Lipinski definition) is 2. The van der Waals surface area contributed by atoms with E-state index < -0.39 is 0 Å². The van der Waals surface area contributed by atoms with Gasteiger partial charge in [0.05, 0.1) is 0 Å². The smallest absolute Gasteiger partial charge is 0.122 e. The molecular formula is C53H82O2. The van der Waals surface area contributed by atoms with E-state index in [9.17, 15) is 10.2 Å². The second-order valence-corrected chi connectivity index (χ2v) is 16.9. The number of rotatable bonds is 26. The third-order valence-electron chi connectivity index (χ3n) is 10.9. The molecular weight excluding hydrogens is 669 g/mol. The number of hydrogen-bond donors (Lipinski definition) is 2. The third kappa shape index (κ3) is 24.6. The van der Waals surface area contributed by atoms with Gasteiger partial charge in [-0.25, -0.2) is 0 Å². The van der Waals surface area contributed by atoms with Crippen molar-refractivity contribution in [2.24, 2.45) is 0 Å². The Morgan fingerprint density at radius 3 is 0.909 bits per heavy atom. The van der Waals surface area contributed by atoms with Crippen LogP contribution in [0.25, 0.3) is 0 Å². The van der Waals surface area contributed by atoms with Gasteiger partial charge < -0.3 is 10.2 Å². The Morgan fingerprint density at radius 2 is 0.636 bits per heavy atom. The average molecular weight is 751 g/mol. The summed E-state index contributed by atoms with van der Waals surface area (Å²) < 4.78 is 0. The molecule has 1 rings (SSSR count). The molecule has 0 aromatic heterocycles. The van der Waals surface area contributed by atoms with Crippen molar-refractivity contribution >= 4 is 0 Å². The summed E-state index contributed by atoms with van der Waals surface area (Å²) in [6.07, 6.45) is 40.3. The van der Waals surface area contributed by atoms with Crippen molar-refractivity contribution in [2.75, 3.05) is 0 Å². The maximum absolute atomic E-state index is 10.4. The summed E-state index contributed by atoms with van der Waals surface area (Å²) in [5.74, 6) is 0.554. The minimum atomic E-state index is 0.255. The largest absolute Gasteiger partial charge is 0.508 e. The van der Waals surface area contributed by atoms with Crippen molar-refractivity contribution in [3.63, 3.8) is 0 Å². The maximum atomic E-state index is 10.4. The van der Waals surface area contributed by atoms with Crippen LogP contribution in [0.1, 0.15) is 189 Å². The van der Waals surface area contributed by atoms with Crippen molar-refractivity contribution in [1.29, 1.82) is 0 Å². The normalized spacial score (nSPS) is 14.3. The molecule has 0 unspecified atom stereocenters. The zero-order valence-electron chi connectivity index (χ0n) is 37.7. The minimum Gasteiger partial charge on any atom is -0.508 e. The van der Waals surface area contributed by atoms with Crippen molar-refractivity contribution in [3.05, 3.63) is 128 Å². The molecule has 0 atom stereocenters. The summed E-state index contributed by atoms with van der Waals surface area (Å²) in [5.41, 5.74) is 15.5. The molecule has 0 heterocycles. The fraction of sp³-hybridized carbons (Fsp3) is 0.547. The lowest BCUT2D eigenvalue weighted by molar-refractivity contribution is 0.448. The first-order valence-electron chi connectivity index (χ1n) is 21.5. The molecule has 55 heavy (non-hydrogen) atoms. The topological polar surface area (TPSA) is 40.5 Å². The van der Waals surface area contributed by atoms with E-state index >= 15 is 0 Å². The van der Waals surface area contributed by atoms with Crippen molar-refractivity contribution in [2.45, 2.75) is 192 Å². The van der Waals surface area contributed by atoms with Crippen LogP contribution < -0.4 is 0 Å². The summed E-state index contributed by atoms with van der Waals surface area (Å²) >= 11 is 0. The van der Waals surface area contributed by atoms with Gasteiger partial charge in [0.1, 0.15) is 11.5 Å². The quantitative estimate of drug-likeness (QED) is 0.0731. The van der Waals surface area contributed by atoms with E-state index in [0.717, 1.165) is 100 Å². The molecule has 2 N–H and O–H groups in total. The maximum Gasteiger partial charge on any atom is 0.122 e. The van der Waals surface area contributed by atoms with Gasteiger partial charge >= 0.3 is 0 Å². The summed E-state index contributed by atoms with van der Waals surface area (Å²) in [6.45, 7) is 26.2. The van der Waals surface area contributed by atoms with Crippen LogP contribution in [0, 0.1) is 13.8 Å². The number of phenols is 2. The molecule has 1 aromatic carbocycles. The lowest BCUT2D eigenvalue weighted by atomic mass is 9.99. The summed E-state index contributed by atoms with van der Waals surface area (Å²) in [7, 11) is 0. The molecule has 0 saturated heterocycles. The van der Waals surface area contributed by atoms with Gasteiger partial charge in [0.15, 0.2) is 0 Å². The van der Waals surface area contributed by atoms with Crippen molar-refractivity contribution in [1.82, 2.24) is 0 Å². The van der Waals surface area contributed by atoms with Gasteiger partial charge in [-0.15, -0.1) is 0 Å². The zero-order chi connectivity index (χ0) is 41.2. The van der Waals surface area contributed by atoms with E-state index in [1.165, 1.54) is 69.4 Å². The van der Waals surface area contributed by atoms with Crippen LogP contribution in [-0.2, 0) is 6.42 Å². The second-order valence-electron chi connectivity index (χ2n) is 16.9. The fourth-order valence-electron chi connectivity index (χ4n) is 6.62. The van der Waals surface area contributed by atoms with Crippen LogP contribution in [0.4, 0.5) is 0 Å². The first kappa shape index (κ1) is 49.5. The molecule has 306 valence electrons. The van der Waals surface area contributed by atoms with Gasteiger partial charge in [-0.05, 0) is 209 Å². The molecule has 2 nitrogen and oxygen atoms in total. The molecule has 0 saturated carbocycles. The van der Waals surface area contributed by atoms with E-state index in [1.54, 1.807) is 6.07 Å². The average Bonchev–Trinajstić information content (AvgIpc) is 3.11. The molecule has 0 aliphatic rings. The predicted molar refractivity (Wildman–Crippen MR) is 246 cm³/mol. The van der Waals surface area contributed by atoms with Gasteiger partial charge in [0.2, 0.25) is 0 Å². The van der Waals surface area contributed by atoms with E-state index in [1.807, 2.05) is 13.8 Å². The van der Waals surface area contributed by atoms with Crippen LogP contribution in [0.5, 0.6) is 11.5 Å². The van der Waals surface area contributed by atoms with Crippen LogP contribution in [-0.4, -0.2) is 10.2 Å². The number of allylic oxidation sites excluding steroid dienone is 18. The van der Waals surface area contributed by atoms with E-state index in [-0.39, 0.29) is 5.75 Å². The first-order chi connectivity index (χ1) is 26.1. The zero-order valence-corrected chi connectivity index (χ0v) is 37.7. The van der Waals surface area contributed by atoms with Gasteiger partial charge in [-0.2, -0.15) is 0 Å². The molecule has 0 bridgehead atoms. The molecule has 0 aliphatic heterocycles. The Hall–Kier alpha value is -3.52. The number of aromatic hydroxyl groups is 2. The SMILES string of the molecule is CC(C)=CCC/C(C)=C/CC/C(C)=C\CC/C(C)=C/CC/C(C)=C\CC/C(C)=C/CC/C(C)=C/CC/C(C)=C/CC/C(C)=C/Cc1cc(O)c(C)c(C)c1O. The van der Waals surface area contributed by atoms with E-state index in [0.29, 0.717) is 12.2 Å². The molecule has 2 heteroatoms. The standard InChI is InChI=1S/C53H82O2/c1-40(2)21-13-22-41(3)23-14-24-42(4)25-15-26-43(5)27-16-28-44(6)29-17-30-45(7)31-18-32-46(8)33-19-34-47(9)35-20-36-48(10)37-38-51-39-52(54)49(11)50(12)53(51)55/h21,23,25,27,29,31,33,35,37,39,54-55H,13-20,22,24,26,28,30,32,34,36,38H2,1-12H3/b41-23+,42-25-,43-27+,44-29-,45-31+,46-33+,47-35+,48-37+. The van der Waals surface area contributed by atoms with Crippen molar-refractivity contribution in [3.8, 4) is 11.5 Å². The Balaban J connectivity index is 2.28. The highest BCUT2D eigenvalue weighted by atomic mass is 16.3. The highest BCUT2D eigenvalue weighted by Crippen LogP contribution is 2.32. The van der Waals surface area contributed by atoms with Crippen LogP contribution in [0.3, 0.4) is 0 Å². The first-order valence-corrected chi connectivity index (χ1v) is 21.5. The van der Waals surface area contributed by atoms with E-state index in [4.69, 9.17) is 0 Å². The molecule has 1 aromatic rings. The van der Waals surface area contributed by atoms with Gasteiger partial charge in [-0.1, -0.05) is 105 Å². The molecule has 0 aliphatic carbocycles. The fourth-order valence-corrected chi connectivity index (χ4v) is 6.62. The molecule has 0 radical (unpaired) electrons. The lowest BCUT2D eigenvalue weighted by Crippen LogP contribution is -1.91. The predicted octanol–water partition coefficient (Wildman–Crippen LogP) is 17.0. The summed E-state index contributed by atoms with van der Waals surface area (Å²) in [4.78, 5) is 0. The lowest BCUT2D eigenvalue weighted by Gasteiger charge is -2.10. The Labute approximate surface area is 340 Å². The van der Waals surface area contributed by atoms with E-state index in [2.05, 4.69) is 124 Å². The van der Waals surface area contributed by atoms with Gasteiger partial charge in [0.25, 0.3) is 0 Å². The molecule has 0 amide bonds. The van der Waals surface area contributed by atoms with Gasteiger partial charge in [0, 0.05) is 5.56 Å². The highest BCUT2D eigenvalue weighted by Gasteiger charge is 2.10. The number of benzene rings is 1. The van der Waals surface area contributed by atoms with Gasteiger partial charge in [-0.3, -0.25) is 0 Å². The Kier molecular flexibility index (Phi) is 25.9. The third-order valence-corrected chi connectivity index (χ3v) is 10.9. The number of phenolic OH excluding ortho intramolecular Hbond substituents is 2. The van der Waals surface area contributed by atoms with Crippen LogP contribution >= 0.6 is 0 Å². The summed E-state index contributed by atoms with van der Waals surface area (Å²) in [6, 6.07) is 1.69.